The van der Waals surface area contributed by atoms with Crippen LogP contribution < -0.4 is 20.5 Å². The molecule has 0 bridgehead atoms. The van der Waals surface area contributed by atoms with Crippen LogP contribution in [0.25, 0.3) is 0 Å². The molecule has 0 aliphatic carbocycles. The Bertz CT molecular complexity index is 638. The lowest BCUT2D eigenvalue weighted by atomic mass is 10.3. The van der Waals surface area contributed by atoms with Crippen LogP contribution >= 0.6 is 0 Å². The summed E-state index contributed by atoms with van der Waals surface area (Å²) in [6.45, 7) is 0.250. The van der Waals surface area contributed by atoms with Gasteiger partial charge in [-0.05, 0) is 17.3 Å². The average molecular weight is 291 g/mol. The maximum atomic E-state index is 5.81. The summed E-state index contributed by atoms with van der Waals surface area (Å²) < 4.78 is 10.4. The molecule has 0 amide bonds. The summed E-state index contributed by atoms with van der Waals surface area (Å²) in [5.74, 6) is 1.98. The number of hydrogen-bond acceptors (Lipinski definition) is 6. The van der Waals surface area contributed by atoms with E-state index in [2.05, 4.69) is 25.7 Å². The summed E-state index contributed by atoms with van der Waals surface area (Å²) in [6, 6.07) is 5.35. The molecule has 0 saturated carbocycles. The number of nitrogens with two attached hydrogens (primary N) is 1. The number of aryl methyl sites for hydroxylation is 1. The summed E-state index contributed by atoms with van der Waals surface area (Å²) in [4.78, 5) is 5.50. The van der Waals surface area contributed by atoms with E-state index in [1.165, 1.54) is 4.80 Å². The molecule has 1 heterocycles. The second-order valence-corrected chi connectivity index (χ2v) is 4.09. The monoisotopic (exact) mass is 291 g/mol. The largest absolute Gasteiger partial charge is 0.493 e. The number of hydrogen-bond donors (Lipinski definition) is 2. The van der Waals surface area contributed by atoms with E-state index in [1.807, 2.05) is 6.07 Å². The topological polar surface area (TPSA) is 112 Å². The van der Waals surface area contributed by atoms with Crippen LogP contribution in [0.2, 0.25) is 0 Å². The van der Waals surface area contributed by atoms with Crippen molar-refractivity contribution in [2.75, 3.05) is 19.5 Å². The highest BCUT2D eigenvalue weighted by Crippen LogP contribution is 2.29. The molecule has 0 atom stereocenters. The van der Waals surface area contributed by atoms with Gasteiger partial charge < -0.3 is 20.5 Å². The van der Waals surface area contributed by atoms with Crippen molar-refractivity contribution in [3.63, 3.8) is 0 Å². The number of aliphatic imine (C=N–C) groups is 1. The minimum Gasteiger partial charge on any atom is -0.493 e. The number of anilines is 1. The Morgan fingerprint density at radius 1 is 1.33 bits per heavy atom. The number of guanidine groups is 1. The van der Waals surface area contributed by atoms with Crippen molar-refractivity contribution in [1.29, 1.82) is 0 Å². The van der Waals surface area contributed by atoms with Crippen LogP contribution in [0.4, 0.5) is 5.69 Å². The highest BCUT2D eigenvalue weighted by atomic mass is 16.5. The van der Waals surface area contributed by atoms with Gasteiger partial charge in [-0.1, -0.05) is 0 Å². The number of nitrogens with zero attached hydrogens (tertiary/aromatic N) is 5. The number of methoxy groups -OCH3 is 2. The molecule has 2 rings (SSSR count). The SMILES string of the molecule is COc1ccc(NC(N)=NCc2nnn(C)n2)cc1OC. The predicted octanol–water partition coefficient (Wildman–Crippen LogP) is 0.154. The molecular weight excluding hydrogens is 274 g/mol. The van der Waals surface area contributed by atoms with E-state index in [-0.39, 0.29) is 12.5 Å². The molecule has 2 aromatic rings. The molecule has 0 radical (unpaired) electrons. The van der Waals surface area contributed by atoms with Crippen LogP contribution in [0.3, 0.4) is 0 Å². The molecular formula is C12H17N7O2. The quantitative estimate of drug-likeness (QED) is 0.595. The minimum atomic E-state index is 0.245. The van der Waals surface area contributed by atoms with Crippen molar-refractivity contribution in [2.24, 2.45) is 17.8 Å². The van der Waals surface area contributed by atoms with Gasteiger partial charge in [0.2, 0.25) is 0 Å². The van der Waals surface area contributed by atoms with Crippen molar-refractivity contribution in [2.45, 2.75) is 6.54 Å². The van der Waals surface area contributed by atoms with Crippen LogP contribution in [0.5, 0.6) is 11.5 Å². The van der Waals surface area contributed by atoms with Gasteiger partial charge in [0, 0.05) is 11.8 Å². The first-order chi connectivity index (χ1) is 10.1. The van der Waals surface area contributed by atoms with E-state index in [9.17, 15) is 0 Å². The van der Waals surface area contributed by atoms with Crippen LogP contribution in [-0.4, -0.2) is 40.4 Å². The Kier molecular flexibility index (Phi) is 4.54. The van der Waals surface area contributed by atoms with E-state index in [0.717, 1.165) is 5.69 Å². The van der Waals surface area contributed by atoms with E-state index < -0.39 is 0 Å². The van der Waals surface area contributed by atoms with Crippen LogP contribution in [0.1, 0.15) is 5.82 Å². The van der Waals surface area contributed by atoms with E-state index in [1.54, 1.807) is 33.4 Å². The molecule has 3 N–H and O–H groups in total. The van der Waals surface area contributed by atoms with Gasteiger partial charge in [-0.15, -0.1) is 10.2 Å². The lowest BCUT2D eigenvalue weighted by Crippen LogP contribution is -2.22. The van der Waals surface area contributed by atoms with Gasteiger partial charge in [-0.3, -0.25) is 0 Å². The van der Waals surface area contributed by atoms with Crippen molar-refractivity contribution in [3.8, 4) is 11.5 Å². The molecule has 9 nitrogen and oxygen atoms in total. The van der Waals surface area contributed by atoms with Gasteiger partial charge >= 0.3 is 0 Å². The fourth-order valence-corrected chi connectivity index (χ4v) is 1.64. The highest BCUT2D eigenvalue weighted by Gasteiger charge is 2.05. The Hall–Kier alpha value is -2.84. The second kappa shape index (κ2) is 6.55. The zero-order valence-electron chi connectivity index (χ0n) is 12.1. The summed E-state index contributed by atoms with van der Waals surface area (Å²) >= 11 is 0. The molecule has 0 unspecified atom stereocenters. The summed E-state index contributed by atoms with van der Waals surface area (Å²) in [6.07, 6.45) is 0. The molecule has 0 saturated heterocycles. The fourth-order valence-electron chi connectivity index (χ4n) is 1.64. The van der Waals surface area contributed by atoms with Gasteiger partial charge in [-0.25, -0.2) is 4.99 Å². The molecule has 0 aliphatic heterocycles. The Balaban J connectivity index is 2.03. The smallest absolute Gasteiger partial charge is 0.196 e. The Morgan fingerprint density at radius 2 is 2.10 bits per heavy atom. The third-order valence-electron chi connectivity index (χ3n) is 2.60. The fraction of sp³-hybridized carbons (Fsp3) is 0.333. The van der Waals surface area contributed by atoms with E-state index >= 15 is 0 Å². The first kappa shape index (κ1) is 14.6. The molecule has 9 heteroatoms. The van der Waals surface area contributed by atoms with Crippen molar-refractivity contribution in [3.05, 3.63) is 24.0 Å². The zero-order valence-corrected chi connectivity index (χ0v) is 12.1. The summed E-state index contributed by atoms with van der Waals surface area (Å²) in [5, 5.41) is 14.5. The normalized spacial score (nSPS) is 11.3. The third kappa shape index (κ3) is 3.81. The predicted molar refractivity (Wildman–Crippen MR) is 77.3 cm³/mol. The van der Waals surface area contributed by atoms with Gasteiger partial charge in [0.1, 0.15) is 6.54 Å². The molecule has 1 aromatic carbocycles. The number of aromatic nitrogens is 4. The van der Waals surface area contributed by atoms with E-state index in [0.29, 0.717) is 17.3 Å². The van der Waals surface area contributed by atoms with Crippen LogP contribution in [0.15, 0.2) is 23.2 Å². The van der Waals surface area contributed by atoms with Gasteiger partial charge in [0.05, 0.1) is 21.3 Å². The molecule has 1 aromatic heterocycles. The maximum absolute atomic E-state index is 5.81. The number of ether oxygens (including phenoxy) is 2. The maximum Gasteiger partial charge on any atom is 0.196 e. The zero-order chi connectivity index (χ0) is 15.2. The molecule has 0 spiro atoms. The first-order valence-electron chi connectivity index (χ1n) is 6.14. The average Bonchev–Trinajstić information content (AvgIpc) is 2.90. The molecule has 112 valence electrons. The molecule has 0 fully saturated rings. The van der Waals surface area contributed by atoms with Crippen molar-refractivity contribution >= 4 is 11.6 Å². The number of nitrogens with one attached hydrogen (secondary N) is 1. The highest BCUT2D eigenvalue weighted by molar-refractivity contribution is 5.92. The Labute approximate surface area is 121 Å². The summed E-state index contributed by atoms with van der Waals surface area (Å²) in [7, 11) is 4.83. The number of benzene rings is 1. The van der Waals surface area contributed by atoms with Crippen molar-refractivity contribution < 1.29 is 9.47 Å². The Morgan fingerprint density at radius 3 is 2.71 bits per heavy atom. The van der Waals surface area contributed by atoms with Gasteiger partial charge in [0.15, 0.2) is 23.3 Å². The van der Waals surface area contributed by atoms with Crippen molar-refractivity contribution in [1.82, 2.24) is 20.2 Å². The minimum absolute atomic E-state index is 0.245. The standard InChI is InChI=1S/C12H17N7O2/c1-19-17-11(16-18-19)7-14-12(13)15-8-4-5-9(20-2)10(6-8)21-3/h4-6H,7H2,1-3H3,(H3,13,14,15). The number of rotatable bonds is 5. The number of tetrazole rings is 1. The van der Waals surface area contributed by atoms with Crippen LogP contribution in [0, 0.1) is 0 Å². The third-order valence-corrected chi connectivity index (χ3v) is 2.60. The molecule has 21 heavy (non-hydrogen) atoms. The van der Waals surface area contributed by atoms with Crippen LogP contribution in [-0.2, 0) is 13.6 Å². The summed E-state index contributed by atoms with van der Waals surface area (Å²) in [5.41, 5.74) is 6.54. The lowest BCUT2D eigenvalue weighted by Gasteiger charge is -2.10. The van der Waals surface area contributed by atoms with E-state index in [4.69, 9.17) is 15.2 Å². The first-order valence-corrected chi connectivity index (χ1v) is 6.14. The second-order valence-electron chi connectivity index (χ2n) is 4.09. The van der Waals surface area contributed by atoms with Gasteiger partial charge in [-0.2, -0.15) is 4.80 Å². The van der Waals surface area contributed by atoms with Gasteiger partial charge in [0.25, 0.3) is 0 Å². The molecule has 0 aliphatic rings. The lowest BCUT2D eigenvalue weighted by molar-refractivity contribution is 0.355.